The molecule has 1 aliphatic heterocycles. The lowest BCUT2D eigenvalue weighted by molar-refractivity contribution is 0.0361. The number of piperazine rings is 1. The molecule has 0 spiro atoms. The fourth-order valence-corrected chi connectivity index (χ4v) is 2.62. The fraction of sp³-hybridized carbons (Fsp3) is 0.571. The lowest BCUT2D eigenvalue weighted by atomic mass is 9.99. The largest absolute Gasteiger partial charge is 0.398 e. The Bertz CT molecular complexity index is 431. The summed E-state index contributed by atoms with van der Waals surface area (Å²) >= 11 is 6.03. The van der Waals surface area contributed by atoms with Gasteiger partial charge in [-0.25, -0.2) is 0 Å². The lowest BCUT2D eigenvalue weighted by Crippen LogP contribution is -2.57. The number of halogens is 1. The topological polar surface area (TPSA) is 32.5 Å². The van der Waals surface area contributed by atoms with E-state index < -0.39 is 0 Å². The SMILES string of the molecule is CN1CCN(Cc2cc(Cl)ccc2N)CC1(C)C. The highest BCUT2D eigenvalue weighted by Gasteiger charge is 2.30. The molecule has 0 saturated carbocycles. The van der Waals surface area contributed by atoms with Gasteiger partial charge in [0.25, 0.3) is 0 Å². The summed E-state index contributed by atoms with van der Waals surface area (Å²) in [6, 6.07) is 5.70. The van der Waals surface area contributed by atoms with Gasteiger partial charge in [0, 0.05) is 42.4 Å². The van der Waals surface area contributed by atoms with Gasteiger partial charge in [0.1, 0.15) is 0 Å². The van der Waals surface area contributed by atoms with Crippen LogP contribution in [0.5, 0.6) is 0 Å². The third kappa shape index (κ3) is 2.97. The molecule has 1 heterocycles. The molecule has 0 aliphatic carbocycles. The Labute approximate surface area is 115 Å². The predicted octanol–water partition coefficient (Wildman–Crippen LogP) is 2.45. The molecule has 1 aromatic rings. The number of nitrogens with two attached hydrogens (primary N) is 1. The average Bonchev–Trinajstić information content (AvgIpc) is 2.28. The normalized spacial score (nSPS) is 21.1. The Morgan fingerprint density at radius 2 is 2.06 bits per heavy atom. The van der Waals surface area contributed by atoms with Crippen LogP contribution in [0.25, 0.3) is 0 Å². The fourth-order valence-electron chi connectivity index (χ4n) is 2.43. The van der Waals surface area contributed by atoms with Crippen LogP contribution < -0.4 is 5.73 Å². The van der Waals surface area contributed by atoms with E-state index in [0.29, 0.717) is 0 Å². The second kappa shape index (κ2) is 5.08. The van der Waals surface area contributed by atoms with Crippen molar-refractivity contribution in [2.45, 2.75) is 25.9 Å². The van der Waals surface area contributed by atoms with Crippen LogP contribution in [-0.2, 0) is 6.54 Å². The van der Waals surface area contributed by atoms with E-state index in [9.17, 15) is 0 Å². The maximum Gasteiger partial charge on any atom is 0.0410 e. The van der Waals surface area contributed by atoms with Gasteiger partial charge in [-0.2, -0.15) is 0 Å². The molecule has 1 aromatic carbocycles. The van der Waals surface area contributed by atoms with E-state index >= 15 is 0 Å². The minimum absolute atomic E-state index is 0.214. The second-order valence-electron chi connectivity index (χ2n) is 5.79. The van der Waals surface area contributed by atoms with E-state index in [-0.39, 0.29) is 5.54 Å². The van der Waals surface area contributed by atoms with Crippen LogP contribution >= 0.6 is 11.6 Å². The maximum absolute atomic E-state index is 6.03. The van der Waals surface area contributed by atoms with E-state index in [1.165, 1.54) is 0 Å². The number of hydrogen-bond donors (Lipinski definition) is 1. The van der Waals surface area contributed by atoms with Gasteiger partial charge in [0.2, 0.25) is 0 Å². The molecule has 0 amide bonds. The van der Waals surface area contributed by atoms with Crippen molar-refractivity contribution in [2.75, 3.05) is 32.4 Å². The number of hydrogen-bond acceptors (Lipinski definition) is 3. The number of likely N-dealkylation sites (N-methyl/N-ethyl adjacent to an activating group) is 1. The van der Waals surface area contributed by atoms with Crippen LogP contribution in [0.4, 0.5) is 5.69 Å². The molecule has 100 valence electrons. The highest BCUT2D eigenvalue weighted by Crippen LogP contribution is 2.24. The lowest BCUT2D eigenvalue weighted by Gasteiger charge is -2.45. The van der Waals surface area contributed by atoms with Crippen molar-refractivity contribution in [3.05, 3.63) is 28.8 Å². The Morgan fingerprint density at radius 3 is 2.72 bits per heavy atom. The Balaban J connectivity index is 2.08. The second-order valence-corrected chi connectivity index (χ2v) is 6.22. The summed E-state index contributed by atoms with van der Waals surface area (Å²) < 4.78 is 0. The molecule has 0 bridgehead atoms. The van der Waals surface area contributed by atoms with Gasteiger partial charge < -0.3 is 5.73 Å². The summed E-state index contributed by atoms with van der Waals surface area (Å²) in [5.41, 5.74) is 8.18. The standard InChI is InChI=1S/C14H22ClN3/c1-14(2)10-18(7-6-17(14)3)9-11-8-12(15)4-5-13(11)16/h4-5,8H,6-7,9-10,16H2,1-3H3. The average molecular weight is 268 g/mol. The van der Waals surface area contributed by atoms with Crippen LogP contribution in [-0.4, -0.2) is 42.0 Å². The first-order chi connectivity index (χ1) is 8.38. The molecule has 18 heavy (non-hydrogen) atoms. The summed E-state index contributed by atoms with van der Waals surface area (Å²) in [6.07, 6.45) is 0. The summed E-state index contributed by atoms with van der Waals surface area (Å²) in [7, 11) is 2.19. The van der Waals surface area contributed by atoms with E-state index in [1.54, 1.807) is 0 Å². The van der Waals surface area contributed by atoms with Gasteiger partial charge >= 0.3 is 0 Å². The minimum atomic E-state index is 0.214. The predicted molar refractivity (Wildman–Crippen MR) is 77.9 cm³/mol. The van der Waals surface area contributed by atoms with E-state index in [2.05, 4.69) is 30.7 Å². The zero-order valence-electron chi connectivity index (χ0n) is 11.4. The van der Waals surface area contributed by atoms with Crippen LogP contribution in [0.2, 0.25) is 5.02 Å². The highest BCUT2D eigenvalue weighted by atomic mass is 35.5. The van der Waals surface area contributed by atoms with E-state index in [0.717, 1.165) is 42.5 Å². The van der Waals surface area contributed by atoms with Gasteiger partial charge in [-0.3, -0.25) is 9.80 Å². The molecule has 2 rings (SSSR count). The highest BCUT2D eigenvalue weighted by molar-refractivity contribution is 6.30. The molecule has 1 fully saturated rings. The van der Waals surface area contributed by atoms with E-state index in [4.69, 9.17) is 17.3 Å². The van der Waals surface area contributed by atoms with Crippen molar-refractivity contribution in [3.63, 3.8) is 0 Å². The molecule has 3 nitrogen and oxygen atoms in total. The first-order valence-corrected chi connectivity index (χ1v) is 6.74. The third-order valence-electron chi connectivity index (χ3n) is 3.89. The number of rotatable bonds is 2. The van der Waals surface area contributed by atoms with Gasteiger partial charge in [-0.15, -0.1) is 0 Å². The summed E-state index contributed by atoms with van der Waals surface area (Å²) in [5, 5.41) is 0.757. The first-order valence-electron chi connectivity index (χ1n) is 6.36. The van der Waals surface area contributed by atoms with Crippen LogP contribution in [0.3, 0.4) is 0 Å². The van der Waals surface area contributed by atoms with Crippen LogP contribution in [0.1, 0.15) is 19.4 Å². The van der Waals surface area contributed by atoms with Crippen molar-refractivity contribution in [1.29, 1.82) is 0 Å². The third-order valence-corrected chi connectivity index (χ3v) is 4.13. The maximum atomic E-state index is 6.03. The van der Waals surface area contributed by atoms with Crippen LogP contribution in [0.15, 0.2) is 18.2 Å². The van der Waals surface area contributed by atoms with Crippen molar-refractivity contribution >= 4 is 17.3 Å². The molecule has 1 aliphatic rings. The molecule has 0 unspecified atom stereocenters. The first kappa shape index (κ1) is 13.7. The van der Waals surface area contributed by atoms with E-state index in [1.807, 2.05) is 18.2 Å². The van der Waals surface area contributed by atoms with Crippen molar-refractivity contribution in [2.24, 2.45) is 0 Å². The van der Waals surface area contributed by atoms with Gasteiger partial charge in [-0.1, -0.05) is 11.6 Å². The number of benzene rings is 1. The smallest absolute Gasteiger partial charge is 0.0410 e. The zero-order valence-corrected chi connectivity index (χ0v) is 12.2. The quantitative estimate of drug-likeness (QED) is 0.836. The zero-order chi connectivity index (χ0) is 13.3. The van der Waals surface area contributed by atoms with Crippen molar-refractivity contribution in [1.82, 2.24) is 9.80 Å². The number of nitrogens with zero attached hydrogens (tertiary/aromatic N) is 2. The molecular weight excluding hydrogens is 246 g/mol. The monoisotopic (exact) mass is 267 g/mol. The number of nitrogen functional groups attached to an aromatic ring is 1. The number of anilines is 1. The Morgan fingerprint density at radius 1 is 1.33 bits per heavy atom. The molecule has 0 radical (unpaired) electrons. The minimum Gasteiger partial charge on any atom is -0.398 e. The molecule has 1 saturated heterocycles. The molecule has 4 heteroatoms. The van der Waals surface area contributed by atoms with Crippen molar-refractivity contribution < 1.29 is 0 Å². The molecule has 0 aromatic heterocycles. The van der Waals surface area contributed by atoms with Crippen LogP contribution in [0, 0.1) is 0 Å². The molecular formula is C14H22ClN3. The summed E-state index contributed by atoms with van der Waals surface area (Å²) in [5.74, 6) is 0. The van der Waals surface area contributed by atoms with Gasteiger partial charge in [0.15, 0.2) is 0 Å². The van der Waals surface area contributed by atoms with Crippen molar-refractivity contribution in [3.8, 4) is 0 Å². The Kier molecular flexibility index (Phi) is 3.85. The molecule has 0 atom stereocenters. The van der Waals surface area contributed by atoms with Gasteiger partial charge in [0.05, 0.1) is 0 Å². The molecule has 2 N–H and O–H groups in total. The Hall–Kier alpha value is -0.770. The summed E-state index contributed by atoms with van der Waals surface area (Å²) in [6.45, 7) is 8.65. The summed E-state index contributed by atoms with van der Waals surface area (Å²) in [4.78, 5) is 4.85. The van der Waals surface area contributed by atoms with Gasteiger partial charge in [-0.05, 0) is 44.7 Å².